The summed E-state index contributed by atoms with van der Waals surface area (Å²) < 4.78 is 0. The van der Waals surface area contributed by atoms with Crippen LogP contribution in [-0.2, 0) is 16.0 Å². The Morgan fingerprint density at radius 1 is 1.22 bits per heavy atom. The Morgan fingerprint density at radius 3 is 2.48 bits per heavy atom. The number of amides is 1. The molecule has 2 rings (SSSR count). The Labute approximate surface area is 141 Å². The number of nitrogens with one attached hydrogen (secondary N) is 1. The highest BCUT2D eigenvalue weighted by molar-refractivity contribution is 6.30. The Hall–Kier alpha value is -1.86. The van der Waals surface area contributed by atoms with E-state index >= 15 is 0 Å². The van der Waals surface area contributed by atoms with Crippen molar-refractivity contribution in [3.8, 4) is 6.07 Å². The lowest BCUT2D eigenvalue weighted by atomic mass is 9.93. The van der Waals surface area contributed by atoms with E-state index in [1.807, 2.05) is 18.2 Å². The van der Waals surface area contributed by atoms with Crippen LogP contribution in [0.1, 0.15) is 44.1 Å². The van der Waals surface area contributed by atoms with E-state index in [-0.39, 0.29) is 18.2 Å². The van der Waals surface area contributed by atoms with Gasteiger partial charge in [0.25, 0.3) is 0 Å². The van der Waals surface area contributed by atoms with Crippen LogP contribution in [0.15, 0.2) is 24.3 Å². The average molecular weight is 333 g/mol. The fourth-order valence-electron chi connectivity index (χ4n) is 2.87. The first-order chi connectivity index (χ1) is 11.1. The average Bonchev–Trinajstić information content (AvgIpc) is 2.56. The van der Waals surface area contributed by atoms with Crippen LogP contribution in [0.3, 0.4) is 0 Å². The number of aryl methyl sites for hydroxylation is 1. The highest BCUT2D eigenvalue weighted by Crippen LogP contribution is 2.18. The van der Waals surface area contributed by atoms with Crippen molar-refractivity contribution in [2.75, 3.05) is 0 Å². The number of rotatable bonds is 6. The van der Waals surface area contributed by atoms with Gasteiger partial charge in [0.2, 0.25) is 5.91 Å². The van der Waals surface area contributed by atoms with Crippen LogP contribution in [-0.4, -0.2) is 17.7 Å². The molecular weight excluding hydrogens is 312 g/mol. The van der Waals surface area contributed by atoms with E-state index in [1.54, 1.807) is 12.1 Å². The summed E-state index contributed by atoms with van der Waals surface area (Å²) >= 11 is 5.82. The first kappa shape index (κ1) is 17.5. The number of carbonyl (C=O) groups excluding carboxylic acids is 2. The second kappa shape index (κ2) is 8.69. The van der Waals surface area contributed by atoms with Gasteiger partial charge < -0.3 is 5.32 Å². The summed E-state index contributed by atoms with van der Waals surface area (Å²) in [5.41, 5.74) is 0.965. The van der Waals surface area contributed by atoms with Crippen molar-refractivity contribution in [1.29, 1.82) is 5.26 Å². The maximum Gasteiger partial charge on any atom is 0.245 e. The fourth-order valence-corrected chi connectivity index (χ4v) is 3.00. The molecule has 1 unspecified atom stereocenters. The van der Waals surface area contributed by atoms with E-state index in [4.69, 9.17) is 11.6 Å². The van der Waals surface area contributed by atoms with E-state index in [0.29, 0.717) is 11.4 Å². The van der Waals surface area contributed by atoms with Gasteiger partial charge in [-0.15, -0.1) is 0 Å². The van der Waals surface area contributed by atoms with Crippen molar-refractivity contribution >= 4 is 23.3 Å². The molecule has 1 aromatic rings. The lowest BCUT2D eigenvalue weighted by Crippen LogP contribution is -2.42. The zero-order chi connectivity index (χ0) is 16.7. The molecule has 0 aliphatic heterocycles. The van der Waals surface area contributed by atoms with Gasteiger partial charge in [-0.2, -0.15) is 5.26 Å². The largest absolute Gasteiger partial charge is 0.352 e. The van der Waals surface area contributed by atoms with Crippen LogP contribution >= 0.6 is 11.6 Å². The van der Waals surface area contributed by atoms with Crippen LogP contribution in [0, 0.1) is 17.2 Å². The molecule has 5 heteroatoms. The molecule has 1 N–H and O–H groups in total. The predicted molar refractivity (Wildman–Crippen MR) is 88.9 cm³/mol. The standard InChI is InChI=1S/C18H21ClN2O2/c19-14-9-6-13(7-10-14)8-11-17(22)16(12-20)18(23)21-15-4-2-1-3-5-15/h6-7,9-10,15-16H,1-5,8,11H2,(H,21,23). The smallest absolute Gasteiger partial charge is 0.245 e. The van der Waals surface area contributed by atoms with Crippen molar-refractivity contribution in [2.45, 2.75) is 51.0 Å². The SMILES string of the molecule is N#CC(C(=O)CCc1ccc(Cl)cc1)C(=O)NC1CCCCC1. The number of ketones is 1. The van der Waals surface area contributed by atoms with Gasteiger partial charge >= 0.3 is 0 Å². The molecule has 23 heavy (non-hydrogen) atoms. The second-order valence-corrected chi connectivity index (χ2v) is 6.43. The summed E-state index contributed by atoms with van der Waals surface area (Å²) in [6.45, 7) is 0. The molecule has 1 fully saturated rings. The highest BCUT2D eigenvalue weighted by Gasteiger charge is 2.28. The first-order valence-electron chi connectivity index (χ1n) is 8.07. The van der Waals surface area contributed by atoms with Gasteiger partial charge in [0.1, 0.15) is 0 Å². The van der Waals surface area contributed by atoms with Crippen molar-refractivity contribution in [3.63, 3.8) is 0 Å². The molecule has 0 bridgehead atoms. The quantitative estimate of drug-likeness (QED) is 0.811. The van der Waals surface area contributed by atoms with Crippen molar-refractivity contribution in [3.05, 3.63) is 34.9 Å². The van der Waals surface area contributed by atoms with Crippen LogP contribution in [0.25, 0.3) is 0 Å². The van der Waals surface area contributed by atoms with E-state index < -0.39 is 11.8 Å². The van der Waals surface area contributed by atoms with E-state index in [1.165, 1.54) is 6.42 Å². The van der Waals surface area contributed by atoms with Crippen molar-refractivity contribution in [1.82, 2.24) is 5.32 Å². The molecule has 0 aromatic heterocycles. The monoisotopic (exact) mass is 332 g/mol. The topological polar surface area (TPSA) is 70.0 Å². The third-order valence-corrected chi connectivity index (χ3v) is 4.49. The number of nitriles is 1. The third kappa shape index (κ3) is 5.37. The van der Waals surface area contributed by atoms with Gasteiger partial charge in [-0.3, -0.25) is 9.59 Å². The maximum absolute atomic E-state index is 12.2. The zero-order valence-electron chi connectivity index (χ0n) is 13.1. The van der Waals surface area contributed by atoms with Gasteiger partial charge in [-0.1, -0.05) is 43.0 Å². The molecule has 1 aromatic carbocycles. The van der Waals surface area contributed by atoms with Gasteiger partial charge in [0, 0.05) is 17.5 Å². The molecule has 0 saturated heterocycles. The Kier molecular flexibility index (Phi) is 6.61. The lowest BCUT2D eigenvalue weighted by molar-refractivity contribution is -0.132. The molecule has 122 valence electrons. The normalized spacial score (nSPS) is 16.3. The third-order valence-electron chi connectivity index (χ3n) is 4.24. The Morgan fingerprint density at radius 2 is 1.87 bits per heavy atom. The molecule has 1 amide bonds. The van der Waals surface area contributed by atoms with Crippen LogP contribution in [0.4, 0.5) is 0 Å². The number of hydrogen-bond donors (Lipinski definition) is 1. The van der Waals surface area contributed by atoms with Gasteiger partial charge in [-0.05, 0) is 37.0 Å². The Balaban J connectivity index is 1.86. The maximum atomic E-state index is 12.2. The summed E-state index contributed by atoms with van der Waals surface area (Å²) in [6.07, 6.45) is 5.92. The molecular formula is C18H21ClN2O2. The minimum absolute atomic E-state index is 0.108. The summed E-state index contributed by atoms with van der Waals surface area (Å²) in [5, 5.41) is 12.7. The van der Waals surface area contributed by atoms with Gasteiger partial charge in [0.15, 0.2) is 11.7 Å². The molecule has 0 spiro atoms. The molecule has 1 aliphatic rings. The predicted octanol–water partition coefficient (Wildman–Crippen LogP) is 3.43. The Bertz CT molecular complexity index is 586. The van der Waals surface area contributed by atoms with Crippen LogP contribution in [0.5, 0.6) is 0 Å². The summed E-state index contributed by atoms with van der Waals surface area (Å²) in [5.74, 6) is -1.97. The van der Waals surface area contributed by atoms with E-state index in [0.717, 1.165) is 31.2 Å². The first-order valence-corrected chi connectivity index (χ1v) is 8.45. The second-order valence-electron chi connectivity index (χ2n) is 6.00. The minimum Gasteiger partial charge on any atom is -0.352 e. The summed E-state index contributed by atoms with van der Waals surface area (Å²) in [6, 6.07) is 9.18. The molecule has 1 aliphatic carbocycles. The number of nitrogens with zero attached hydrogens (tertiary/aromatic N) is 1. The molecule has 1 atom stereocenters. The number of halogens is 1. The van der Waals surface area contributed by atoms with Gasteiger partial charge in [0.05, 0.1) is 6.07 Å². The summed E-state index contributed by atoms with van der Waals surface area (Å²) in [7, 11) is 0. The van der Waals surface area contributed by atoms with Crippen molar-refractivity contribution < 1.29 is 9.59 Å². The lowest BCUT2D eigenvalue weighted by Gasteiger charge is -2.23. The number of carbonyl (C=O) groups is 2. The number of Topliss-reactive ketones (excluding diaryl/α,β-unsaturated/α-hetero) is 1. The fraction of sp³-hybridized carbons (Fsp3) is 0.500. The van der Waals surface area contributed by atoms with Gasteiger partial charge in [-0.25, -0.2) is 0 Å². The minimum atomic E-state index is -1.20. The zero-order valence-corrected chi connectivity index (χ0v) is 13.8. The highest BCUT2D eigenvalue weighted by atomic mass is 35.5. The van der Waals surface area contributed by atoms with Crippen LogP contribution < -0.4 is 5.32 Å². The van der Waals surface area contributed by atoms with Crippen molar-refractivity contribution in [2.24, 2.45) is 5.92 Å². The van der Waals surface area contributed by atoms with E-state index in [9.17, 15) is 14.9 Å². The van der Waals surface area contributed by atoms with Crippen LogP contribution in [0.2, 0.25) is 5.02 Å². The number of hydrogen-bond acceptors (Lipinski definition) is 3. The molecule has 4 nitrogen and oxygen atoms in total. The molecule has 1 saturated carbocycles. The van der Waals surface area contributed by atoms with E-state index in [2.05, 4.69) is 5.32 Å². The molecule has 0 radical (unpaired) electrons. The number of benzene rings is 1. The summed E-state index contributed by atoms with van der Waals surface area (Å²) in [4.78, 5) is 24.4. The molecule has 0 heterocycles.